The standard InChI is InChI=1S/C22H34O4/c1-13(23)25-12-19(2)8-5-9-20(3)15-7-6-14-11-22(15,17(24)10-16(19)20)18-21(14,4)26-18/h14-18,24H,5-12H2,1-4H3/t14-,15+,16-,17+,18+,19-,20+,21+,22-/m0/s1. The maximum Gasteiger partial charge on any atom is 0.302 e. The minimum atomic E-state index is -0.280. The Balaban J connectivity index is 1.52. The smallest absolute Gasteiger partial charge is 0.302 e. The van der Waals surface area contributed by atoms with E-state index in [-0.39, 0.29) is 40.0 Å². The number of esters is 1. The van der Waals surface area contributed by atoms with E-state index in [1.54, 1.807) is 0 Å². The van der Waals surface area contributed by atoms with Gasteiger partial charge < -0.3 is 14.6 Å². The molecule has 0 unspecified atom stereocenters. The Morgan fingerprint density at radius 2 is 1.96 bits per heavy atom. The van der Waals surface area contributed by atoms with Crippen molar-refractivity contribution >= 4 is 5.97 Å². The minimum Gasteiger partial charge on any atom is -0.465 e. The lowest BCUT2D eigenvalue weighted by atomic mass is 9.40. The van der Waals surface area contributed by atoms with Crippen LogP contribution in [0.15, 0.2) is 0 Å². The summed E-state index contributed by atoms with van der Waals surface area (Å²) in [6, 6.07) is 0. The third-order valence-corrected chi connectivity index (χ3v) is 9.77. The molecule has 1 saturated heterocycles. The molecule has 0 aromatic carbocycles. The number of ether oxygens (including phenoxy) is 2. The van der Waals surface area contributed by atoms with E-state index >= 15 is 0 Å². The Hall–Kier alpha value is -0.610. The molecule has 4 saturated carbocycles. The largest absolute Gasteiger partial charge is 0.465 e. The van der Waals surface area contributed by atoms with Gasteiger partial charge in [-0.3, -0.25) is 4.79 Å². The normalized spacial score (nSPS) is 59.8. The Morgan fingerprint density at radius 3 is 2.69 bits per heavy atom. The number of hydrogen-bond donors (Lipinski definition) is 1. The second-order valence-corrected chi connectivity index (χ2v) is 10.9. The van der Waals surface area contributed by atoms with Crippen LogP contribution in [-0.2, 0) is 14.3 Å². The van der Waals surface area contributed by atoms with Gasteiger partial charge in [0.2, 0.25) is 0 Å². The molecular formula is C22H34O4. The van der Waals surface area contributed by atoms with Crippen molar-refractivity contribution in [3.63, 3.8) is 0 Å². The fraction of sp³-hybridized carbons (Fsp3) is 0.955. The first-order valence-corrected chi connectivity index (χ1v) is 10.7. The van der Waals surface area contributed by atoms with Crippen LogP contribution in [-0.4, -0.2) is 35.5 Å². The van der Waals surface area contributed by atoms with Crippen molar-refractivity contribution in [2.24, 2.45) is 34.0 Å². The first kappa shape index (κ1) is 17.5. The fourth-order valence-electron chi connectivity index (χ4n) is 8.62. The van der Waals surface area contributed by atoms with E-state index in [1.165, 1.54) is 32.6 Å². The van der Waals surface area contributed by atoms with Crippen molar-refractivity contribution < 1.29 is 19.4 Å². The van der Waals surface area contributed by atoms with Gasteiger partial charge in [-0.25, -0.2) is 0 Å². The molecule has 9 atom stereocenters. The number of aliphatic hydroxyl groups excluding tert-OH is 1. The van der Waals surface area contributed by atoms with Crippen LogP contribution >= 0.6 is 0 Å². The fourth-order valence-corrected chi connectivity index (χ4v) is 8.62. The summed E-state index contributed by atoms with van der Waals surface area (Å²) < 4.78 is 11.8. The Kier molecular flexibility index (Phi) is 3.40. The summed E-state index contributed by atoms with van der Waals surface area (Å²) in [4.78, 5) is 11.5. The number of hydrogen-bond acceptors (Lipinski definition) is 4. The zero-order valence-corrected chi connectivity index (χ0v) is 16.7. The molecule has 0 radical (unpaired) electrons. The predicted octanol–water partition coefficient (Wildman–Crippen LogP) is 3.70. The van der Waals surface area contributed by atoms with Crippen molar-refractivity contribution in [2.45, 2.75) is 90.4 Å². The van der Waals surface area contributed by atoms with E-state index in [9.17, 15) is 9.90 Å². The van der Waals surface area contributed by atoms with Gasteiger partial charge in [-0.1, -0.05) is 20.3 Å². The number of rotatable bonds is 2. The molecule has 5 aliphatic rings. The summed E-state index contributed by atoms with van der Waals surface area (Å²) in [5.74, 6) is 1.39. The average molecular weight is 363 g/mol. The second kappa shape index (κ2) is 5.05. The molecule has 4 heteroatoms. The molecule has 26 heavy (non-hydrogen) atoms. The molecule has 0 amide bonds. The van der Waals surface area contributed by atoms with Crippen LogP contribution in [0.2, 0.25) is 0 Å². The zero-order valence-electron chi connectivity index (χ0n) is 16.7. The predicted molar refractivity (Wildman–Crippen MR) is 97.4 cm³/mol. The molecule has 4 nitrogen and oxygen atoms in total. The van der Waals surface area contributed by atoms with Crippen LogP contribution in [0.25, 0.3) is 0 Å². The monoisotopic (exact) mass is 362 g/mol. The molecule has 4 aliphatic carbocycles. The summed E-state index contributed by atoms with van der Waals surface area (Å²) >= 11 is 0. The van der Waals surface area contributed by atoms with E-state index < -0.39 is 0 Å². The highest BCUT2D eigenvalue weighted by Crippen LogP contribution is 2.77. The molecule has 1 N–H and O–H groups in total. The maximum atomic E-state index is 11.5. The lowest BCUT2D eigenvalue weighted by Crippen LogP contribution is -2.64. The van der Waals surface area contributed by atoms with Gasteiger partial charge in [-0.15, -0.1) is 0 Å². The van der Waals surface area contributed by atoms with Crippen LogP contribution < -0.4 is 0 Å². The highest BCUT2D eigenvalue weighted by atomic mass is 16.6. The van der Waals surface area contributed by atoms with Crippen molar-refractivity contribution in [1.82, 2.24) is 0 Å². The number of carbonyl (C=O) groups is 1. The number of aliphatic hydroxyl groups is 1. The van der Waals surface area contributed by atoms with E-state index in [4.69, 9.17) is 9.47 Å². The summed E-state index contributed by atoms with van der Waals surface area (Å²) in [6.45, 7) is 9.06. The molecule has 1 spiro atoms. The lowest BCUT2D eigenvalue weighted by molar-refractivity contribution is -0.222. The highest BCUT2D eigenvalue weighted by Gasteiger charge is 2.81. The van der Waals surface area contributed by atoms with Gasteiger partial charge in [0, 0.05) is 17.8 Å². The van der Waals surface area contributed by atoms with Gasteiger partial charge >= 0.3 is 5.97 Å². The van der Waals surface area contributed by atoms with Crippen LogP contribution in [0.5, 0.6) is 0 Å². The second-order valence-electron chi connectivity index (χ2n) is 10.9. The summed E-state index contributed by atoms with van der Waals surface area (Å²) in [5, 5.41) is 11.5. The topological polar surface area (TPSA) is 59.1 Å². The van der Waals surface area contributed by atoms with Crippen molar-refractivity contribution in [2.75, 3.05) is 6.61 Å². The Morgan fingerprint density at radius 1 is 1.19 bits per heavy atom. The number of epoxide rings is 1. The van der Waals surface area contributed by atoms with Crippen molar-refractivity contribution in [1.29, 1.82) is 0 Å². The SMILES string of the molecule is CC(=O)OC[C@]1(C)CCC[C@]2(C)[C@H]3CC[C@H]4C[C@]3([C@H](O)C[C@@H]12)[C@@H]1O[C@]41C. The molecule has 2 bridgehead atoms. The van der Waals surface area contributed by atoms with Crippen LogP contribution in [0, 0.1) is 34.0 Å². The van der Waals surface area contributed by atoms with E-state index in [1.807, 2.05) is 0 Å². The lowest BCUT2D eigenvalue weighted by Gasteiger charge is -2.65. The third-order valence-electron chi connectivity index (χ3n) is 9.77. The van der Waals surface area contributed by atoms with Gasteiger partial charge in [-0.2, -0.15) is 0 Å². The van der Waals surface area contributed by atoms with E-state index in [0.29, 0.717) is 24.4 Å². The van der Waals surface area contributed by atoms with Gasteiger partial charge in [0.25, 0.3) is 0 Å². The Bertz CT molecular complexity index is 648. The summed E-state index contributed by atoms with van der Waals surface area (Å²) in [7, 11) is 0. The summed E-state index contributed by atoms with van der Waals surface area (Å²) in [6.07, 6.45) is 7.98. The van der Waals surface area contributed by atoms with Crippen molar-refractivity contribution in [3.8, 4) is 0 Å². The number of fused-ring (bicyclic) bond motifs is 5. The molecular weight excluding hydrogens is 328 g/mol. The Labute approximate surface area is 157 Å². The van der Waals surface area contributed by atoms with Crippen LogP contribution in [0.3, 0.4) is 0 Å². The molecule has 1 aliphatic heterocycles. The molecule has 1 heterocycles. The molecule has 146 valence electrons. The minimum absolute atomic E-state index is 0.0234. The molecule has 0 aromatic rings. The highest BCUT2D eigenvalue weighted by molar-refractivity contribution is 5.65. The maximum absolute atomic E-state index is 11.5. The molecule has 0 aromatic heterocycles. The van der Waals surface area contributed by atoms with Crippen molar-refractivity contribution in [3.05, 3.63) is 0 Å². The third kappa shape index (κ3) is 1.91. The van der Waals surface area contributed by atoms with Gasteiger partial charge in [-0.05, 0) is 68.6 Å². The quantitative estimate of drug-likeness (QED) is 0.601. The molecule has 5 rings (SSSR count). The van der Waals surface area contributed by atoms with Gasteiger partial charge in [0.1, 0.15) is 0 Å². The van der Waals surface area contributed by atoms with Gasteiger partial charge in [0.15, 0.2) is 0 Å². The zero-order chi connectivity index (χ0) is 18.5. The average Bonchev–Trinajstić information content (AvgIpc) is 3.25. The van der Waals surface area contributed by atoms with Gasteiger partial charge in [0.05, 0.1) is 24.4 Å². The van der Waals surface area contributed by atoms with E-state index in [0.717, 1.165) is 19.3 Å². The molecule has 5 fully saturated rings. The summed E-state index contributed by atoms with van der Waals surface area (Å²) in [5.41, 5.74) is 0.205. The van der Waals surface area contributed by atoms with Crippen LogP contribution in [0.4, 0.5) is 0 Å². The van der Waals surface area contributed by atoms with Crippen LogP contribution in [0.1, 0.15) is 72.6 Å². The number of carbonyl (C=O) groups excluding carboxylic acids is 1. The van der Waals surface area contributed by atoms with E-state index in [2.05, 4.69) is 20.8 Å². The first-order valence-electron chi connectivity index (χ1n) is 10.7. The first-order chi connectivity index (χ1) is 12.2.